The maximum absolute atomic E-state index is 12.9. The van der Waals surface area contributed by atoms with E-state index in [1.165, 1.54) is 12.8 Å². The van der Waals surface area contributed by atoms with Crippen molar-refractivity contribution in [3.63, 3.8) is 0 Å². The van der Waals surface area contributed by atoms with Crippen LogP contribution in [0.4, 0.5) is 0 Å². The Bertz CT molecular complexity index is 682. The van der Waals surface area contributed by atoms with E-state index in [0.717, 1.165) is 31.2 Å². The van der Waals surface area contributed by atoms with Crippen LogP contribution < -0.4 is 10.5 Å². The van der Waals surface area contributed by atoms with Gasteiger partial charge in [0.1, 0.15) is 11.7 Å². The average Bonchev–Trinajstić information content (AvgIpc) is 3.53. The number of piperidine rings is 1. The monoisotopic (exact) mass is 343 g/mol. The quantitative estimate of drug-likeness (QED) is 0.858. The number of likely N-dealkylation sites (tertiary alicyclic amines) is 1. The molecule has 2 aliphatic carbocycles. The second kappa shape index (κ2) is 6.65. The molecule has 3 fully saturated rings. The van der Waals surface area contributed by atoms with Crippen LogP contribution in [0, 0.1) is 5.92 Å². The van der Waals surface area contributed by atoms with Gasteiger partial charge in [-0.05, 0) is 62.8 Å². The Labute approximate surface area is 147 Å². The molecule has 6 heteroatoms. The topological polar surface area (TPSA) is 85.5 Å². The average molecular weight is 343 g/mol. The third-order valence-corrected chi connectivity index (χ3v) is 5.37. The molecule has 25 heavy (non-hydrogen) atoms. The molecule has 3 aliphatic rings. The number of hydrogen-bond acceptors (Lipinski definition) is 4. The lowest BCUT2D eigenvalue weighted by Crippen LogP contribution is -2.50. The standard InChI is InChI=1S/C19H25N3O3/c20-17(23)16-3-1-2-10-22(16)19(24)15-9-8-14(13-6-7-13)18(21-15)25-11-12-4-5-12/h8-9,12-13,16H,1-7,10-11H2,(H2,20,23)/t16-/m0/s1. The Morgan fingerprint density at radius 3 is 2.64 bits per heavy atom. The summed E-state index contributed by atoms with van der Waals surface area (Å²) in [7, 11) is 0. The number of carbonyl (C=O) groups excluding carboxylic acids is 2. The highest BCUT2D eigenvalue weighted by molar-refractivity contribution is 5.96. The fraction of sp³-hybridized carbons (Fsp3) is 0.632. The first-order chi connectivity index (χ1) is 12.1. The largest absolute Gasteiger partial charge is 0.477 e. The summed E-state index contributed by atoms with van der Waals surface area (Å²) >= 11 is 0. The number of pyridine rings is 1. The smallest absolute Gasteiger partial charge is 0.273 e. The van der Waals surface area contributed by atoms with Crippen LogP contribution in [0.25, 0.3) is 0 Å². The highest BCUT2D eigenvalue weighted by Gasteiger charge is 2.34. The van der Waals surface area contributed by atoms with Gasteiger partial charge >= 0.3 is 0 Å². The lowest BCUT2D eigenvalue weighted by molar-refractivity contribution is -0.123. The molecule has 0 spiro atoms. The van der Waals surface area contributed by atoms with Crippen molar-refractivity contribution < 1.29 is 14.3 Å². The lowest BCUT2D eigenvalue weighted by Gasteiger charge is -2.33. The highest BCUT2D eigenvalue weighted by Crippen LogP contribution is 2.44. The predicted molar refractivity (Wildman–Crippen MR) is 92.3 cm³/mol. The first-order valence-corrected chi connectivity index (χ1v) is 9.37. The van der Waals surface area contributed by atoms with E-state index in [-0.39, 0.29) is 5.91 Å². The summed E-state index contributed by atoms with van der Waals surface area (Å²) in [6, 6.07) is 3.22. The number of ether oxygens (including phenoxy) is 1. The molecule has 1 aromatic heterocycles. The van der Waals surface area contributed by atoms with Crippen LogP contribution in [0.2, 0.25) is 0 Å². The Kier molecular flexibility index (Phi) is 4.36. The maximum Gasteiger partial charge on any atom is 0.273 e. The van der Waals surface area contributed by atoms with Gasteiger partial charge in [-0.3, -0.25) is 9.59 Å². The van der Waals surface area contributed by atoms with Gasteiger partial charge in [0.05, 0.1) is 6.61 Å². The molecule has 0 unspecified atom stereocenters. The number of hydrogen-bond donors (Lipinski definition) is 1. The van der Waals surface area contributed by atoms with Crippen molar-refractivity contribution in [1.29, 1.82) is 0 Å². The molecule has 0 radical (unpaired) electrons. The fourth-order valence-electron chi connectivity index (χ4n) is 3.49. The molecule has 2 N–H and O–H groups in total. The molecular formula is C19H25N3O3. The molecule has 2 heterocycles. The summed E-state index contributed by atoms with van der Waals surface area (Å²) in [5.74, 6) is 1.09. The SMILES string of the molecule is NC(=O)[C@@H]1CCCCN1C(=O)c1ccc(C2CC2)c(OCC2CC2)n1. The van der Waals surface area contributed by atoms with Crippen molar-refractivity contribution in [2.75, 3.05) is 13.2 Å². The number of aromatic nitrogens is 1. The molecule has 1 aromatic rings. The van der Waals surface area contributed by atoms with Crippen molar-refractivity contribution in [2.45, 2.75) is 56.9 Å². The second-order valence-electron chi connectivity index (χ2n) is 7.53. The van der Waals surface area contributed by atoms with Gasteiger partial charge in [0.15, 0.2) is 0 Å². The highest BCUT2D eigenvalue weighted by atomic mass is 16.5. The van der Waals surface area contributed by atoms with E-state index in [9.17, 15) is 9.59 Å². The third-order valence-electron chi connectivity index (χ3n) is 5.37. The van der Waals surface area contributed by atoms with E-state index in [0.29, 0.717) is 43.0 Å². The maximum atomic E-state index is 12.9. The Hall–Kier alpha value is -2.11. The van der Waals surface area contributed by atoms with Crippen molar-refractivity contribution in [2.24, 2.45) is 11.7 Å². The Morgan fingerprint density at radius 2 is 1.96 bits per heavy atom. The summed E-state index contributed by atoms with van der Waals surface area (Å²) in [5, 5.41) is 0. The van der Waals surface area contributed by atoms with Crippen LogP contribution in [0.1, 0.15) is 66.9 Å². The molecule has 6 nitrogen and oxygen atoms in total. The van der Waals surface area contributed by atoms with Crippen LogP contribution in [-0.2, 0) is 4.79 Å². The minimum absolute atomic E-state index is 0.220. The fourth-order valence-corrected chi connectivity index (χ4v) is 3.49. The molecule has 1 atom stereocenters. The summed E-state index contributed by atoms with van der Waals surface area (Å²) < 4.78 is 5.94. The number of rotatable bonds is 6. The van der Waals surface area contributed by atoms with Crippen molar-refractivity contribution in [3.05, 3.63) is 23.4 Å². The second-order valence-corrected chi connectivity index (χ2v) is 7.53. The van der Waals surface area contributed by atoms with Crippen molar-refractivity contribution >= 4 is 11.8 Å². The minimum atomic E-state index is -0.526. The number of primary amides is 1. The molecule has 2 amide bonds. The normalized spacial score (nSPS) is 23.4. The molecule has 1 aliphatic heterocycles. The zero-order valence-corrected chi connectivity index (χ0v) is 14.4. The summed E-state index contributed by atoms with van der Waals surface area (Å²) in [6.45, 7) is 1.23. The summed E-state index contributed by atoms with van der Waals surface area (Å²) in [5.41, 5.74) is 6.95. The van der Waals surface area contributed by atoms with Gasteiger partial charge in [-0.1, -0.05) is 6.07 Å². The molecule has 1 saturated heterocycles. The number of nitrogens with two attached hydrogens (primary N) is 1. The van der Waals surface area contributed by atoms with Crippen molar-refractivity contribution in [1.82, 2.24) is 9.88 Å². The third kappa shape index (κ3) is 3.62. The minimum Gasteiger partial charge on any atom is -0.477 e. The first kappa shape index (κ1) is 16.4. The summed E-state index contributed by atoms with van der Waals surface area (Å²) in [6.07, 6.45) is 7.18. The van der Waals surface area contributed by atoms with E-state index >= 15 is 0 Å². The molecule has 0 bridgehead atoms. The van der Waals surface area contributed by atoms with Crippen LogP contribution in [0.5, 0.6) is 5.88 Å². The molecule has 2 saturated carbocycles. The zero-order chi connectivity index (χ0) is 17.4. The lowest BCUT2D eigenvalue weighted by atomic mass is 10.0. The van der Waals surface area contributed by atoms with Gasteiger partial charge in [0, 0.05) is 12.1 Å². The van der Waals surface area contributed by atoms with Crippen LogP contribution in [0.3, 0.4) is 0 Å². The molecule has 4 rings (SSSR count). The van der Waals surface area contributed by atoms with Gasteiger partial charge in [0.2, 0.25) is 11.8 Å². The number of amides is 2. The van der Waals surface area contributed by atoms with Crippen LogP contribution >= 0.6 is 0 Å². The van der Waals surface area contributed by atoms with Gasteiger partial charge < -0.3 is 15.4 Å². The van der Waals surface area contributed by atoms with E-state index in [1.807, 2.05) is 6.07 Å². The molecule has 134 valence electrons. The number of nitrogens with zero attached hydrogens (tertiary/aromatic N) is 2. The van der Waals surface area contributed by atoms with E-state index in [1.54, 1.807) is 11.0 Å². The van der Waals surface area contributed by atoms with Crippen LogP contribution in [-0.4, -0.2) is 40.9 Å². The van der Waals surface area contributed by atoms with Gasteiger partial charge in [-0.2, -0.15) is 0 Å². The van der Waals surface area contributed by atoms with E-state index in [4.69, 9.17) is 10.5 Å². The molecule has 0 aromatic carbocycles. The van der Waals surface area contributed by atoms with Gasteiger partial charge in [-0.15, -0.1) is 0 Å². The number of carbonyl (C=O) groups is 2. The van der Waals surface area contributed by atoms with E-state index in [2.05, 4.69) is 4.98 Å². The predicted octanol–water partition coefficient (Wildman–Crippen LogP) is 2.23. The van der Waals surface area contributed by atoms with Crippen LogP contribution in [0.15, 0.2) is 12.1 Å². The first-order valence-electron chi connectivity index (χ1n) is 9.37. The van der Waals surface area contributed by atoms with Gasteiger partial charge in [0.25, 0.3) is 5.91 Å². The Morgan fingerprint density at radius 1 is 1.16 bits per heavy atom. The molecular weight excluding hydrogens is 318 g/mol. The zero-order valence-electron chi connectivity index (χ0n) is 14.4. The summed E-state index contributed by atoms with van der Waals surface area (Å²) in [4.78, 5) is 30.7. The Balaban J connectivity index is 1.56. The van der Waals surface area contributed by atoms with E-state index < -0.39 is 11.9 Å². The van der Waals surface area contributed by atoms with Gasteiger partial charge in [-0.25, -0.2) is 4.98 Å². The van der Waals surface area contributed by atoms with Crippen molar-refractivity contribution in [3.8, 4) is 5.88 Å².